The minimum absolute atomic E-state index is 0.0415. The highest BCUT2D eigenvalue weighted by atomic mass is 16.5. The van der Waals surface area contributed by atoms with Gasteiger partial charge in [0.15, 0.2) is 0 Å². The number of aromatic nitrogens is 4. The molecule has 0 aliphatic carbocycles. The van der Waals surface area contributed by atoms with Crippen LogP contribution in [0.15, 0.2) is 23.1 Å². The molecule has 0 aromatic carbocycles. The van der Waals surface area contributed by atoms with Crippen LogP contribution in [0, 0.1) is 5.92 Å². The summed E-state index contributed by atoms with van der Waals surface area (Å²) in [5.74, 6) is 1.38. The van der Waals surface area contributed by atoms with Crippen LogP contribution in [-0.4, -0.2) is 26.2 Å². The second-order valence-corrected chi connectivity index (χ2v) is 4.68. The largest absolute Gasteiger partial charge is 0.339 e. The molecule has 6 heteroatoms. The van der Waals surface area contributed by atoms with Gasteiger partial charge < -0.3 is 10.3 Å². The molecule has 2 rings (SSSR count). The van der Waals surface area contributed by atoms with Gasteiger partial charge in [-0.1, -0.05) is 19.0 Å². The van der Waals surface area contributed by atoms with Crippen LogP contribution in [0.2, 0.25) is 0 Å². The first-order chi connectivity index (χ1) is 8.59. The second kappa shape index (κ2) is 5.22. The fourth-order valence-electron chi connectivity index (χ4n) is 2.01. The molecule has 0 bridgehead atoms. The third-order valence-corrected chi connectivity index (χ3v) is 2.80. The molecule has 0 saturated heterocycles. The molecule has 0 spiro atoms. The maximum atomic E-state index is 5.96. The minimum atomic E-state index is -0.0415. The second-order valence-electron chi connectivity index (χ2n) is 4.68. The molecule has 0 aliphatic rings. The summed E-state index contributed by atoms with van der Waals surface area (Å²) < 4.78 is 5.29. The van der Waals surface area contributed by atoms with E-state index in [1.54, 1.807) is 18.6 Å². The van der Waals surface area contributed by atoms with Crippen LogP contribution in [0.5, 0.6) is 0 Å². The number of hydrogen-bond donors (Lipinski definition) is 1. The first-order valence-corrected chi connectivity index (χ1v) is 5.95. The summed E-state index contributed by atoms with van der Waals surface area (Å²) in [5.41, 5.74) is 6.56. The number of rotatable bonds is 4. The molecule has 2 atom stereocenters. The molecule has 2 N–H and O–H groups in total. The monoisotopic (exact) mass is 247 g/mol. The lowest BCUT2D eigenvalue weighted by Crippen LogP contribution is -2.28. The van der Waals surface area contributed by atoms with E-state index in [4.69, 9.17) is 10.3 Å². The zero-order chi connectivity index (χ0) is 13.1. The average Bonchev–Trinajstić information content (AvgIpc) is 2.78. The Bertz CT molecular complexity index is 486. The highest BCUT2D eigenvalue weighted by molar-refractivity contribution is 5.45. The van der Waals surface area contributed by atoms with Crippen molar-refractivity contribution in [1.82, 2.24) is 20.1 Å². The standard InChI is InChI=1S/C12H17N5O/c1-7(2)10(8(3)13)12-16-11(17-18-12)9-6-14-4-5-15-9/h4-8,10H,13H2,1-3H3. The van der Waals surface area contributed by atoms with Gasteiger partial charge in [-0.25, -0.2) is 4.98 Å². The van der Waals surface area contributed by atoms with E-state index >= 15 is 0 Å². The van der Waals surface area contributed by atoms with Crippen LogP contribution < -0.4 is 5.73 Å². The molecule has 96 valence electrons. The molecular formula is C12H17N5O. The molecule has 2 aromatic rings. The molecule has 0 aliphatic heterocycles. The SMILES string of the molecule is CC(C)C(c1nc(-c2cnccn2)no1)C(C)N. The fourth-order valence-corrected chi connectivity index (χ4v) is 2.01. The van der Waals surface area contributed by atoms with Gasteiger partial charge in [-0.05, 0) is 12.8 Å². The number of nitrogens with zero attached hydrogens (tertiary/aromatic N) is 4. The van der Waals surface area contributed by atoms with Crippen LogP contribution in [0.1, 0.15) is 32.6 Å². The van der Waals surface area contributed by atoms with Crippen molar-refractivity contribution in [3.8, 4) is 11.5 Å². The Morgan fingerprint density at radius 1 is 1.22 bits per heavy atom. The van der Waals surface area contributed by atoms with Gasteiger partial charge in [0.05, 0.1) is 12.1 Å². The van der Waals surface area contributed by atoms with Gasteiger partial charge in [0.25, 0.3) is 0 Å². The lowest BCUT2D eigenvalue weighted by atomic mass is 9.90. The lowest BCUT2D eigenvalue weighted by molar-refractivity contribution is 0.300. The summed E-state index contributed by atoms with van der Waals surface area (Å²) in [6.45, 7) is 6.11. The highest BCUT2D eigenvalue weighted by Crippen LogP contribution is 2.26. The Balaban J connectivity index is 2.30. The van der Waals surface area contributed by atoms with Crippen molar-refractivity contribution in [2.45, 2.75) is 32.7 Å². The molecule has 0 fully saturated rings. The maximum absolute atomic E-state index is 5.96. The van der Waals surface area contributed by atoms with E-state index in [1.807, 2.05) is 6.92 Å². The van der Waals surface area contributed by atoms with Crippen molar-refractivity contribution in [2.75, 3.05) is 0 Å². The Kier molecular flexibility index (Phi) is 3.66. The van der Waals surface area contributed by atoms with Gasteiger partial charge in [0.2, 0.25) is 11.7 Å². The molecular weight excluding hydrogens is 230 g/mol. The number of nitrogens with two attached hydrogens (primary N) is 1. The van der Waals surface area contributed by atoms with E-state index in [1.165, 1.54) is 0 Å². The Labute approximate surface area is 106 Å². The highest BCUT2D eigenvalue weighted by Gasteiger charge is 2.26. The molecule has 0 saturated carbocycles. The van der Waals surface area contributed by atoms with Gasteiger partial charge >= 0.3 is 0 Å². The summed E-state index contributed by atoms with van der Waals surface area (Å²) in [4.78, 5) is 12.5. The molecule has 18 heavy (non-hydrogen) atoms. The predicted octanol–water partition coefficient (Wildman–Crippen LogP) is 1.61. The van der Waals surface area contributed by atoms with Gasteiger partial charge in [0, 0.05) is 18.4 Å². The van der Waals surface area contributed by atoms with Crippen molar-refractivity contribution in [3.63, 3.8) is 0 Å². The van der Waals surface area contributed by atoms with E-state index in [2.05, 4.69) is 34.0 Å². The predicted molar refractivity (Wildman–Crippen MR) is 66.6 cm³/mol. The van der Waals surface area contributed by atoms with Crippen LogP contribution in [0.4, 0.5) is 0 Å². The topological polar surface area (TPSA) is 90.7 Å². The average molecular weight is 247 g/mol. The normalized spacial score (nSPS) is 14.7. The summed E-state index contributed by atoms with van der Waals surface area (Å²) >= 11 is 0. The molecule has 2 unspecified atom stereocenters. The van der Waals surface area contributed by atoms with Crippen molar-refractivity contribution in [1.29, 1.82) is 0 Å². The minimum Gasteiger partial charge on any atom is -0.339 e. The molecule has 2 aromatic heterocycles. The fraction of sp³-hybridized carbons (Fsp3) is 0.500. The zero-order valence-electron chi connectivity index (χ0n) is 10.7. The quantitative estimate of drug-likeness (QED) is 0.882. The van der Waals surface area contributed by atoms with Crippen LogP contribution in [0.25, 0.3) is 11.5 Å². The Morgan fingerprint density at radius 2 is 2.00 bits per heavy atom. The summed E-state index contributed by atoms with van der Waals surface area (Å²) in [6.07, 6.45) is 4.80. The van der Waals surface area contributed by atoms with E-state index in [0.29, 0.717) is 23.3 Å². The van der Waals surface area contributed by atoms with E-state index in [0.717, 1.165) is 0 Å². The third kappa shape index (κ3) is 2.53. The van der Waals surface area contributed by atoms with Crippen molar-refractivity contribution in [3.05, 3.63) is 24.5 Å². The van der Waals surface area contributed by atoms with Gasteiger partial charge in [-0.2, -0.15) is 4.98 Å². The Morgan fingerprint density at radius 3 is 2.56 bits per heavy atom. The first-order valence-electron chi connectivity index (χ1n) is 5.95. The van der Waals surface area contributed by atoms with Crippen LogP contribution in [0.3, 0.4) is 0 Å². The number of hydrogen-bond acceptors (Lipinski definition) is 6. The zero-order valence-corrected chi connectivity index (χ0v) is 10.7. The third-order valence-electron chi connectivity index (χ3n) is 2.80. The summed E-state index contributed by atoms with van der Waals surface area (Å²) in [6, 6.07) is -0.0415. The summed E-state index contributed by atoms with van der Waals surface area (Å²) in [7, 11) is 0. The Hall–Kier alpha value is -1.82. The van der Waals surface area contributed by atoms with Gasteiger partial charge in [-0.3, -0.25) is 4.98 Å². The van der Waals surface area contributed by atoms with Crippen molar-refractivity contribution >= 4 is 0 Å². The first kappa shape index (κ1) is 12.6. The van der Waals surface area contributed by atoms with E-state index in [-0.39, 0.29) is 12.0 Å². The molecule has 6 nitrogen and oxygen atoms in total. The van der Waals surface area contributed by atoms with E-state index < -0.39 is 0 Å². The lowest BCUT2D eigenvalue weighted by Gasteiger charge is -2.20. The summed E-state index contributed by atoms with van der Waals surface area (Å²) in [5, 5.41) is 3.93. The van der Waals surface area contributed by atoms with Gasteiger partial charge in [0.1, 0.15) is 5.69 Å². The maximum Gasteiger partial charge on any atom is 0.231 e. The van der Waals surface area contributed by atoms with Crippen LogP contribution >= 0.6 is 0 Å². The van der Waals surface area contributed by atoms with Gasteiger partial charge in [-0.15, -0.1) is 0 Å². The van der Waals surface area contributed by atoms with Crippen molar-refractivity contribution in [2.24, 2.45) is 11.7 Å². The van der Waals surface area contributed by atoms with Crippen LogP contribution in [-0.2, 0) is 0 Å². The molecule has 2 heterocycles. The molecule has 0 radical (unpaired) electrons. The molecule has 0 amide bonds. The smallest absolute Gasteiger partial charge is 0.231 e. The van der Waals surface area contributed by atoms with E-state index in [9.17, 15) is 0 Å². The van der Waals surface area contributed by atoms with Crippen molar-refractivity contribution < 1.29 is 4.52 Å².